The summed E-state index contributed by atoms with van der Waals surface area (Å²) in [5.41, 5.74) is 0.551. The first-order chi connectivity index (χ1) is 11.7. The van der Waals surface area contributed by atoms with Crippen molar-refractivity contribution in [2.45, 2.75) is 13.1 Å². The summed E-state index contributed by atoms with van der Waals surface area (Å²) in [6.07, 6.45) is -0.329. The van der Waals surface area contributed by atoms with Gasteiger partial charge in [0.1, 0.15) is 5.70 Å². The number of amidine groups is 1. The van der Waals surface area contributed by atoms with E-state index in [9.17, 15) is 4.79 Å². The molecule has 2 aliphatic heterocycles. The molecule has 0 aliphatic carbocycles. The second kappa shape index (κ2) is 6.34. The summed E-state index contributed by atoms with van der Waals surface area (Å²) >= 11 is 6.61. The summed E-state index contributed by atoms with van der Waals surface area (Å²) in [5, 5.41) is 11.5. The predicted octanol–water partition coefficient (Wildman–Crippen LogP) is 2.41. The zero-order valence-electron chi connectivity index (χ0n) is 12.7. The molecular weight excluding hydrogens is 408 g/mol. The Kier molecular flexibility index (Phi) is 4.19. The summed E-state index contributed by atoms with van der Waals surface area (Å²) in [4.78, 5) is 18.6. The molecule has 0 spiro atoms. The first-order valence-corrected chi connectivity index (χ1v) is 10.0. The van der Waals surface area contributed by atoms with Crippen LogP contribution in [-0.4, -0.2) is 21.8 Å². The minimum absolute atomic E-state index is 0.135. The number of hydrogen-bond donors (Lipinski definition) is 1. The van der Waals surface area contributed by atoms with Gasteiger partial charge in [-0.3, -0.25) is 15.1 Å². The molecule has 1 N–H and O–H groups in total. The van der Waals surface area contributed by atoms with E-state index in [2.05, 4.69) is 26.3 Å². The standard InChI is InChI=1S/C16H13BrN4OS2/c1-2-23-16-19-15(22)13-9-5-3-4-6-10(9)18-14(21(13)20-16)11-7-8-12(17)24-11/h3-8,14H,2H2,1H3,(H,19,20,22). The quantitative estimate of drug-likeness (QED) is 0.811. The Bertz CT molecular complexity index is 968. The van der Waals surface area contributed by atoms with Gasteiger partial charge in [0, 0.05) is 5.22 Å². The van der Waals surface area contributed by atoms with Gasteiger partial charge in [-0.15, -0.1) is 16.4 Å². The third-order valence-corrected chi connectivity index (χ3v) is 6.05. The molecule has 4 rings (SSSR count). The lowest BCUT2D eigenvalue weighted by Gasteiger charge is -2.33. The SMILES string of the molecule is CCSC1=NN2C(=c3ccccc3=NC2c2ccc(Br)s2)C(=O)N1. The third kappa shape index (κ3) is 2.68. The number of rotatable bonds is 2. The number of nitrogens with one attached hydrogen (secondary N) is 1. The normalized spacial score (nSPS) is 19.2. The van der Waals surface area contributed by atoms with Gasteiger partial charge in [0.2, 0.25) is 0 Å². The van der Waals surface area contributed by atoms with Gasteiger partial charge in [-0.25, -0.2) is 5.01 Å². The molecule has 0 saturated carbocycles. The highest BCUT2D eigenvalue weighted by atomic mass is 79.9. The molecule has 0 bridgehead atoms. The molecule has 1 atom stereocenters. The van der Waals surface area contributed by atoms with Crippen molar-refractivity contribution in [1.29, 1.82) is 0 Å². The monoisotopic (exact) mass is 420 g/mol. The lowest BCUT2D eigenvalue weighted by atomic mass is 10.1. The van der Waals surface area contributed by atoms with Crippen molar-refractivity contribution in [3.05, 3.63) is 55.6 Å². The number of nitrogens with zero attached hydrogens (tertiary/aromatic N) is 3. The van der Waals surface area contributed by atoms with Gasteiger partial charge < -0.3 is 0 Å². The van der Waals surface area contributed by atoms with Crippen LogP contribution in [0.1, 0.15) is 18.0 Å². The Morgan fingerprint density at radius 3 is 2.92 bits per heavy atom. The van der Waals surface area contributed by atoms with Gasteiger partial charge in [0.05, 0.1) is 14.0 Å². The Morgan fingerprint density at radius 1 is 1.33 bits per heavy atom. The Morgan fingerprint density at radius 2 is 2.17 bits per heavy atom. The molecule has 2 aliphatic rings. The number of fused-ring (bicyclic) bond motifs is 2. The molecule has 1 amide bonds. The summed E-state index contributed by atoms with van der Waals surface area (Å²) in [6, 6.07) is 11.7. The Hall–Kier alpha value is -1.64. The van der Waals surface area contributed by atoms with Crippen LogP contribution in [0.5, 0.6) is 0 Å². The number of para-hydroxylation sites is 1. The van der Waals surface area contributed by atoms with Crippen LogP contribution in [0.15, 0.2) is 50.3 Å². The highest BCUT2D eigenvalue weighted by molar-refractivity contribution is 9.11. The van der Waals surface area contributed by atoms with Crippen molar-refractivity contribution in [2.24, 2.45) is 10.1 Å². The third-order valence-electron chi connectivity index (χ3n) is 3.64. The van der Waals surface area contributed by atoms with Crippen molar-refractivity contribution in [3.63, 3.8) is 0 Å². The van der Waals surface area contributed by atoms with Crippen molar-refractivity contribution in [1.82, 2.24) is 10.3 Å². The average Bonchev–Trinajstić information content (AvgIpc) is 3.00. The number of thiophene rings is 1. The number of hydrazone groups is 1. The van der Waals surface area contributed by atoms with Gasteiger partial charge in [-0.2, -0.15) is 0 Å². The van der Waals surface area contributed by atoms with Crippen molar-refractivity contribution >= 4 is 55.8 Å². The highest BCUT2D eigenvalue weighted by Gasteiger charge is 2.34. The number of hydrogen-bond acceptors (Lipinski definition) is 6. The predicted molar refractivity (Wildman–Crippen MR) is 101 cm³/mol. The number of benzene rings is 1. The molecule has 0 saturated heterocycles. The zero-order valence-corrected chi connectivity index (χ0v) is 15.9. The number of halogens is 1. The van der Waals surface area contributed by atoms with Crippen LogP contribution in [0.3, 0.4) is 0 Å². The second-order valence-corrected chi connectivity index (χ2v) is 8.89. The van der Waals surface area contributed by atoms with E-state index in [0.29, 0.717) is 10.9 Å². The number of carbonyl (C=O) groups excluding carboxylic acids is 1. The molecule has 1 aromatic heterocycles. The molecule has 1 unspecified atom stereocenters. The van der Waals surface area contributed by atoms with Crippen molar-refractivity contribution < 1.29 is 4.79 Å². The molecule has 5 nitrogen and oxygen atoms in total. The van der Waals surface area contributed by atoms with E-state index >= 15 is 0 Å². The largest absolute Gasteiger partial charge is 0.298 e. The smallest absolute Gasteiger partial charge is 0.276 e. The highest BCUT2D eigenvalue weighted by Crippen LogP contribution is 2.35. The van der Waals surface area contributed by atoms with Gasteiger partial charge in [0.25, 0.3) is 5.91 Å². The van der Waals surface area contributed by atoms with Crippen LogP contribution in [-0.2, 0) is 4.79 Å². The number of carbonyl (C=O) groups is 1. The van der Waals surface area contributed by atoms with Crippen molar-refractivity contribution in [2.75, 3.05) is 5.75 Å². The number of thioether (sulfide) groups is 1. The van der Waals surface area contributed by atoms with Crippen LogP contribution >= 0.6 is 39.0 Å². The molecule has 3 heterocycles. The summed E-state index contributed by atoms with van der Waals surface area (Å²) in [7, 11) is 0. The van der Waals surface area contributed by atoms with E-state index in [0.717, 1.165) is 25.0 Å². The topological polar surface area (TPSA) is 57.1 Å². The minimum atomic E-state index is -0.329. The van der Waals surface area contributed by atoms with E-state index in [1.807, 2.05) is 43.3 Å². The first-order valence-electron chi connectivity index (χ1n) is 7.42. The van der Waals surface area contributed by atoms with Gasteiger partial charge in [-0.1, -0.05) is 36.9 Å². The molecule has 0 fully saturated rings. The van der Waals surface area contributed by atoms with Crippen molar-refractivity contribution in [3.8, 4) is 0 Å². The van der Waals surface area contributed by atoms with Gasteiger partial charge >= 0.3 is 0 Å². The fourth-order valence-corrected chi connectivity index (χ4v) is 4.71. The van der Waals surface area contributed by atoms with Crippen LogP contribution in [0, 0.1) is 0 Å². The zero-order chi connectivity index (χ0) is 16.7. The van der Waals surface area contributed by atoms with Crippen LogP contribution in [0.25, 0.3) is 5.70 Å². The maximum absolute atomic E-state index is 12.7. The molecule has 8 heteroatoms. The van der Waals surface area contributed by atoms with E-state index in [1.54, 1.807) is 16.3 Å². The maximum Gasteiger partial charge on any atom is 0.276 e. The summed E-state index contributed by atoms with van der Waals surface area (Å²) in [5.74, 6) is 0.703. The summed E-state index contributed by atoms with van der Waals surface area (Å²) < 4.78 is 1.03. The van der Waals surface area contributed by atoms with E-state index in [-0.39, 0.29) is 12.1 Å². The van der Waals surface area contributed by atoms with Gasteiger partial charge in [-0.05, 0) is 39.9 Å². The van der Waals surface area contributed by atoms with E-state index in [1.165, 1.54) is 11.8 Å². The second-order valence-electron chi connectivity index (χ2n) is 5.15. The molecule has 2 aromatic rings. The molecule has 122 valence electrons. The molecule has 1 aromatic carbocycles. The molecular formula is C16H13BrN4OS2. The van der Waals surface area contributed by atoms with Crippen LogP contribution in [0.4, 0.5) is 0 Å². The maximum atomic E-state index is 12.7. The lowest BCUT2D eigenvalue weighted by molar-refractivity contribution is -0.116. The van der Waals surface area contributed by atoms with Gasteiger partial charge in [0.15, 0.2) is 11.3 Å². The van der Waals surface area contributed by atoms with E-state index in [4.69, 9.17) is 4.99 Å². The first kappa shape index (κ1) is 15.9. The van der Waals surface area contributed by atoms with Crippen LogP contribution in [0.2, 0.25) is 0 Å². The Balaban J connectivity index is 1.95. The fraction of sp³-hybridized carbons (Fsp3) is 0.188. The Labute approximate surface area is 155 Å². The molecule has 24 heavy (non-hydrogen) atoms. The average molecular weight is 421 g/mol. The molecule has 0 radical (unpaired) electrons. The van der Waals surface area contributed by atoms with E-state index < -0.39 is 0 Å². The number of amides is 1. The van der Waals surface area contributed by atoms with Crippen LogP contribution < -0.4 is 15.9 Å². The lowest BCUT2D eigenvalue weighted by Crippen LogP contribution is -2.50. The fourth-order valence-electron chi connectivity index (χ4n) is 2.68. The minimum Gasteiger partial charge on any atom is -0.298 e. The summed E-state index contributed by atoms with van der Waals surface area (Å²) in [6.45, 7) is 2.03.